The van der Waals surface area contributed by atoms with E-state index >= 15 is 0 Å². The van der Waals surface area contributed by atoms with Crippen molar-refractivity contribution >= 4 is 22.8 Å². The Hall–Kier alpha value is -2.74. The van der Waals surface area contributed by atoms with Crippen LogP contribution in [-0.2, 0) is 4.79 Å². The van der Waals surface area contributed by atoms with E-state index in [1.165, 1.54) is 4.90 Å². The molecule has 5 heteroatoms. The van der Waals surface area contributed by atoms with Crippen LogP contribution >= 0.6 is 0 Å². The van der Waals surface area contributed by atoms with Gasteiger partial charge in [0, 0.05) is 29.2 Å². The Kier molecular flexibility index (Phi) is 3.15. The van der Waals surface area contributed by atoms with Gasteiger partial charge in [0.1, 0.15) is 6.04 Å². The number of H-pyrrole nitrogens is 1. The number of rotatable bonds is 1. The van der Waals surface area contributed by atoms with E-state index in [0.717, 1.165) is 22.2 Å². The maximum atomic E-state index is 11.9. The van der Waals surface area contributed by atoms with E-state index in [4.69, 9.17) is 5.73 Å². The summed E-state index contributed by atoms with van der Waals surface area (Å²) < 4.78 is 0. The maximum Gasteiger partial charge on any atom is 0.231 e. The zero-order chi connectivity index (χ0) is 15.0. The van der Waals surface area contributed by atoms with Gasteiger partial charge in [-0.05, 0) is 31.2 Å². The summed E-state index contributed by atoms with van der Waals surface area (Å²) in [5.74, 6) is 6.16. The number of hydrogen-bond donors (Lipinski definition) is 2. The van der Waals surface area contributed by atoms with Crippen LogP contribution in [0.5, 0.6) is 0 Å². The molecule has 5 nitrogen and oxygen atoms in total. The topological polar surface area (TPSA) is 74.5 Å². The number of carbonyl (C=O) groups excluding carboxylic acids is 1. The summed E-state index contributed by atoms with van der Waals surface area (Å²) in [6.07, 6.45) is 0.325. The Balaban J connectivity index is 2.01. The van der Waals surface area contributed by atoms with Gasteiger partial charge in [-0.1, -0.05) is 5.92 Å². The highest BCUT2D eigenvalue weighted by Crippen LogP contribution is 2.28. The van der Waals surface area contributed by atoms with Gasteiger partial charge in [-0.2, -0.15) is 0 Å². The van der Waals surface area contributed by atoms with Gasteiger partial charge in [0.2, 0.25) is 5.91 Å². The smallest absolute Gasteiger partial charge is 0.231 e. The highest BCUT2D eigenvalue weighted by Gasteiger charge is 2.26. The monoisotopic (exact) mass is 280 g/mol. The number of aromatic nitrogens is 1. The zero-order valence-electron chi connectivity index (χ0n) is 12.0. The molecule has 1 aromatic heterocycles. The largest absolute Gasteiger partial charge is 0.369 e. The standard InChI is InChI=1S/C16H16N4O/c1-3-4-10-5-6-12-11(7-10)8-13(18-12)14-9-15(21)20(2)16(17)19-14/h5-8,14,18H,9H2,1-2H3,(H2,17,19). The SMILES string of the molecule is CC#Cc1ccc2[nH]c(C3CC(=O)N(C)C(N)=N3)cc2c1. The molecule has 0 bridgehead atoms. The number of nitrogens with one attached hydrogen (secondary N) is 1. The van der Waals surface area contributed by atoms with Crippen molar-refractivity contribution in [1.82, 2.24) is 9.88 Å². The van der Waals surface area contributed by atoms with Gasteiger partial charge in [0.05, 0.1) is 6.42 Å². The summed E-state index contributed by atoms with van der Waals surface area (Å²) in [7, 11) is 1.64. The van der Waals surface area contributed by atoms with Gasteiger partial charge < -0.3 is 10.7 Å². The molecule has 1 unspecified atom stereocenters. The lowest BCUT2D eigenvalue weighted by atomic mass is 10.1. The molecule has 2 aromatic rings. The summed E-state index contributed by atoms with van der Waals surface area (Å²) in [4.78, 5) is 20.9. The van der Waals surface area contributed by atoms with Crippen molar-refractivity contribution in [2.75, 3.05) is 7.05 Å². The second kappa shape index (κ2) is 4.98. The van der Waals surface area contributed by atoms with Gasteiger partial charge in [0.15, 0.2) is 5.96 Å². The van der Waals surface area contributed by atoms with Crippen LogP contribution in [0.4, 0.5) is 0 Å². The molecule has 0 aliphatic carbocycles. The first-order valence-corrected chi connectivity index (χ1v) is 6.73. The number of amides is 1. The molecule has 21 heavy (non-hydrogen) atoms. The first-order valence-electron chi connectivity index (χ1n) is 6.73. The number of guanidine groups is 1. The Morgan fingerprint density at radius 2 is 2.24 bits per heavy atom. The third kappa shape index (κ3) is 2.36. The van der Waals surface area contributed by atoms with Crippen LogP contribution in [-0.4, -0.2) is 28.8 Å². The number of hydrogen-bond acceptors (Lipinski definition) is 3. The van der Waals surface area contributed by atoms with E-state index in [-0.39, 0.29) is 17.9 Å². The lowest BCUT2D eigenvalue weighted by Gasteiger charge is -2.24. The van der Waals surface area contributed by atoms with Gasteiger partial charge in [0.25, 0.3) is 0 Å². The van der Waals surface area contributed by atoms with Crippen molar-refractivity contribution in [2.45, 2.75) is 19.4 Å². The Morgan fingerprint density at radius 1 is 1.43 bits per heavy atom. The molecule has 1 aromatic carbocycles. The molecule has 0 saturated heterocycles. The lowest BCUT2D eigenvalue weighted by molar-refractivity contribution is -0.127. The molecule has 1 aliphatic heterocycles. The number of nitrogens with two attached hydrogens (primary N) is 1. The average Bonchev–Trinajstić information content (AvgIpc) is 2.87. The molecule has 3 rings (SSSR count). The normalized spacial score (nSPS) is 18.4. The minimum Gasteiger partial charge on any atom is -0.369 e. The van der Waals surface area contributed by atoms with Gasteiger partial charge in [-0.3, -0.25) is 9.69 Å². The van der Waals surface area contributed by atoms with Crippen LogP contribution in [0.15, 0.2) is 29.3 Å². The zero-order valence-corrected chi connectivity index (χ0v) is 12.0. The molecule has 1 atom stereocenters. The summed E-state index contributed by atoms with van der Waals surface area (Å²) in [6.45, 7) is 1.81. The summed E-state index contributed by atoms with van der Waals surface area (Å²) >= 11 is 0. The lowest BCUT2D eigenvalue weighted by Crippen LogP contribution is -2.42. The Bertz CT molecular complexity index is 807. The molecule has 106 valence electrons. The van der Waals surface area contributed by atoms with E-state index < -0.39 is 0 Å². The van der Waals surface area contributed by atoms with E-state index in [1.54, 1.807) is 7.05 Å². The van der Waals surface area contributed by atoms with Crippen LogP contribution in [0.3, 0.4) is 0 Å². The molecule has 3 N–H and O–H groups in total. The number of fused-ring (bicyclic) bond motifs is 1. The van der Waals surface area contributed by atoms with Crippen molar-refractivity contribution in [3.63, 3.8) is 0 Å². The van der Waals surface area contributed by atoms with Crippen molar-refractivity contribution in [3.8, 4) is 11.8 Å². The molecule has 0 saturated carbocycles. The maximum absolute atomic E-state index is 11.9. The minimum atomic E-state index is -0.248. The van der Waals surface area contributed by atoms with Gasteiger partial charge in [-0.25, -0.2) is 4.99 Å². The van der Waals surface area contributed by atoms with Crippen molar-refractivity contribution in [1.29, 1.82) is 0 Å². The van der Waals surface area contributed by atoms with Crippen LogP contribution in [0, 0.1) is 11.8 Å². The minimum absolute atomic E-state index is 0.0244. The van der Waals surface area contributed by atoms with E-state index in [1.807, 2.05) is 31.2 Å². The van der Waals surface area contributed by atoms with Crippen LogP contribution in [0.1, 0.15) is 30.6 Å². The highest BCUT2D eigenvalue weighted by molar-refractivity contribution is 5.98. The fourth-order valence-electron chi connectivity index (χ4n) is 2.46. The van der Waals surface area contributed by atoms with Crippen molar-refractivity contribution in [3.05, 3.63) is 35.5 Å². The first-order chi connectivity index (χ1) is 10.1. The number of benzene rings is 1. The number of aliphatic imine (C=N–C) groups is 1. The molecule has 2 heterocycles. The fourth-order valence-corrected chi connectivity index (χ4v) is 2.46. The Morgan fingerprint density at radius 3 is 2.95 bits per heavy atom. The summed E-state index contributed by atoms with van der Waals surface area (Å²) in [5, 5.41) is 1.06. The van der Waals surface area contributed by atoms with Crippen LogP contribution < -0.4 is 5.73 Å². The summed E-state index contributed by atoms with van der Waals surface area (Å²) in [5.41, 5.74) is 8.65. The van der Waals surface area contributed by atoms with Crippen molar-refractivity contribution < 1.29 is 4.79 Å². The molecular weight excluding hydrogens is 264 g/mol. The van der Waals surface area contributed by atoms with Gasteiger partial charge in [-0.15, -0.1) is 5.92 Å². The molecule has 0 fully saturated rings. The average molecular weight is 280 g/mol. The highest BCUT2D eigenvalue weighted by atomic mass is 16.2. The quantitative estimate of drug-likeness (QED) is 0.781. The second-order valence-electron chi connectivity index (χ2n) is 5.06. The Labute approximate surface area is 122 Å². The predicted molar refractivity (Wildman–Crippen MR) is 82.6 cm³/mol. The first kappa shape index (κ1) is 13.3. The van der Waals surface area contributed by atoms with Crippen molar-refractivity contribution in [2.24, 2.45) is 10.7 Å². The van der Waals surface area contributed by atoms with Gasteiger partial charge >= 0.3 is 0 Å². The molecule has 0 spiro atoms. The number of nitrogens with zero attached hydrogens (tertiary/aromatic N) is 2. The third-order valence-corrected chi connectivity index (χ3v) is 3.64. The predicted octanol–water partition coefficient (Wildman–Crippen LogP) is 1.76. The molecule has 1 aliphatic rings. The fraction of sp³-hybridized carbons (Fsp3) is 0.250. The molecule has 1 amide bonds. The molecular formula is C16H16N4O. The van der Waals surface area contributed by atoms with E-state index in [0.29, 0.717) is 6.42 Å². The van der Waals surface area contributed by atoms with E-state index in [2.05, 4.69) is 21.8 Å². The summed E-state index contributed by atoms with van der Waals surface area (Å²) in [6, 6.07) is 7.74. The van der Waals surface area contributed by atoms with Crippen LogP contribution in [0.2, 0.25) is 0 Å². The van der Waals surface area contributed by atoms with E-state index in [9.17, 15) is 4.79 Å². The second-order valence-corrected chi connectivity index (χ2v) is 5.06. The third-order valence-electron chi connectivity index (χ3n) is 3.64. The molecule has 0 radical (unpaired) electrons. The number of carbonyl (C=O) groups is 1. The van der Waals surface area contributed by atoms with Crippen LogP contribution in [0.25, 0.3) is 10.9 Å². The number of aromatic amines is 1.